The molecule has 3 aliphatic rings. The quantitative estimate of drug-likeness (QED) is 0.130. The molecule has 2 amide bonds. The van der Waals surface area contributed by atoms with Crippen molar-refractivity contribution in [3.8, 4) is 11.5 Å². The highest BCUT2D eigenvalue weighted by Crippen LogP contribution is 2.35. The van der Waals surface area contributed by atoms with E-state index in [-0.39, 0.29) is 48.0 Å². The summed E-state index contributed by atoms with van der Waals surface area (Å²) in [4.78, 5) is 66.7. The number of aromatic nitrogens is 1. The van der Waals surface area contributed by atoms with Crippen LogP contribution in [0.15, 0.2) is 53.5 Å². The zero-order chi connectivity index (χ0) is 31.8. The predicted octanol–water partition coefficient (Wildman–Crippen LogP) is 2.78. The summed E-state index contributed by atoms with van der Waals surface area (Å²) >= 11 is 0. The molecule has 16 heteroatoms. The number of pyridine rings is 1. The van der Waals surface area contributed by atoms with Crippen molar-refractivity contribution in [3.63, 3.8) is 0 Å². The number of nitrogens with one attached hydrogen (secondary N) is 1. The van der Waals surface area contributed by atoms with Crippen molar-refractivity contribution in [1.29, 1.82) is 0 Å². The smallest absolute Gasteiger partial charge is 0.451 e. The van der Waals surface area contributed by atoms with Crippen molar-refractivity contribution in [2.24, 2.45) is 0 Å². The monoisotopic (exact) mass is 625 g/mol. The molecule has 2 atom stereocenters. The van der Waals surface area contributed by atoms with Gasteiger partial charge in [0.25, 0.3) is 17.5 Å². The van der Waals surface area contributed by atoms with Gasteiger partial charge in [-0.3, -0.25) is 29.4 Å². The highest BCUT2D eigenvalue weighted by molar-refractivity contribution is 5.99. The Morgan fingerprint density at radius 1 is 1.09 bits per heavy atom. The van der Waals surface area contributed by atoms with Crippen LogP contribution < -0.4 is 20.2 Å². The largest absolute Gasteiger partial charge is 0.516 e. The van der Waals surface area contributed by atoms with Crippen molar-refractivity contribution in [1.82, 2.24) is 19.7 Å². The van der Waals surface area contributed by atoms with Gasteiger partial charge in [-0.2, -0.15) is 0 Å². The van der Waals surface area contributed by atoms with Gasteiger partial charge in [0.05, 0.1) is 11.5 Å². The van der Waals surface area contributed by atoms with Crippen LogP contribution in [-0.4, -0.2) is 69.4 Å². The Labute approximate surface area is 252 Å². The summed E-state index contributed by atoms with van der Waals surface area (Å²) in [5.41, 5.74) is -1.76. The second-order valence-corrected chi connectivity index (χ2v) is 10.6. The van der Waals surface area contributed by atoms with Gasteiger partial charge >= 0.3 is 6.16 Å². The first-order valence-electron chi connectivity index (χ1n) is 13.9. The van der Waals surface area contributed by atoms with E-state index in [9.17, 15) is 38.1 Å². The molecule has 0 spiro atoms. The molecular formula is C29H25F2N5O9. The molecule has 3 aromatic rings. The number of ether oxygens (including phenoxy) is 3. The van der Waals surface area contributed by atoms with E-state index < -0.39 is 58.1 Å². The number of hydrogen-bond donors (Lipinski definition) is 1. The molecule has 234 valence electrons. The van der Waals surface area contributed by atoms with Crippen LogP contribution in [0.25, 0.3) is 0 Å². The zero-order valence-electron chi connectivity index (χ0n) is 23.4. The first-order chi connectivity index (χ1) is 21.6. The Balaban J connectivity index is 1.23. The van der Waals surface area contributed by atoms with Gasteiger partial charge in [0.2, 0.25) is 18.0 Å². The van der Waals surface area contributed by atoms with Gasteiger partial charge in [-0.15, -0.1) is 0 Å². The first-order valence-corrected chi connectivity index (χ1v) is 13.9. The fourth-order valence-electron chi connectivity index (χ4n) is 5.84. The minimum atomic E-state index is -1.26. The van der Waals surface area contributed by atoms with Crippen molar-refractivity contribution in [3.05, 3.63) is 97.5 Å². The molecule has 0 aliphatic carbocycles. The number of non-ortho nitro benzene ring substituents is 1. The lowest BCUT2D eigenvalue weighted by atomic mass is 10.1. The lowest BCUT2D eigenvalue weighted by Crippen LogP contribution is -2.50. The number of halogens is 2. The highest BCUT2D eigenvalue weighted by atomic mass is 19.1. The average molecular weight is 626 g/mol. The number of amides is 2. The number of rotatable bonds is 8. The molecule has 6 rings (SSSR count). The summed E-state index contributed by atoms with van der Waals surface area (Å²) in [5, 5.41) is 13.2. The van der Waals surface area contributed by atoms with Crippen LogP contribution in [0.2, 0.25) is 0 Å². The van der Waals surface area contributed by atoms with Crippen LogP contribution in [0.1, 0.15) is 39.3 Å². The van der Waals surface area contributed by atoms with Gasteiger partial charge in [-0.1, -0.05) is 6.07 Å². The van der Waals surface area contributed by atoms with Crippen molar-refractivity contribution < 1.29 is 42.3 Å². The van der Waals surface area contributed by atoms with Crippen LogP contribution in [-0.2, 0) is 17.8 Å². The molecule has 3 aliphatic heterocycles. The van der Waals surface area contributed by atoms with E-state index in [1.165, 1.54) is 22.9 Å². The lowest BCUT2D eigenvalue weighted by Gasteiger charge is -2.36. The number of nitro groups is 1. The first kappa shape index (κ1) is 29.7. The minimum Gasteiger partial charge on any atom is -0.451 e. The van der Waals surface area contributed by atoms with Crippen LogP contribution in [0.5, 0.6) is 11.5 Å². The molecule has 1 aromatic heterocycles. The highest BCUT2D eigenvalue weighted by Gasteiger charge is 2.48. The Morgan fingerprint density at radius 3 is 2.60 bits per heavy atom. The number of nitrogens with zero attached hydrogens (tertiary/aromatic N) is 4. The van der Waals surface area contributed by atoms with E-state index in [0.717, 1.165) is 43.7 Å². The second kappa shape index (κ2) is 12.0. The van der Waals surface area contributed by atoms with Gasteiger partial charge in [0.15, 0.2) is 5.69 Å². The Bertz CT molecular complexity index is 1760. The number of nitro benzene ring substituents is 1. The molecule has 0 saturated carbocycles. The molecule has 4 heterocycles. The normalized spacial score (nSPS) is 18.5. The van der Waals surface area contributed by atoms with Gasteiger partial charge in [-0.25, -0.2) is 13.6 Å². The molecule has 2 fully saturated rings. The minimum absolute atomic E-state index is 0.0175. The summed E-state index contributed by atoms with van der Waals surface area (Å²) in [7, 11) is 0. The maximum absolute atomic E-state index is 14.1. The van der Waals surface area contributed by atoms with Crippen molar-refractivity contribution in [2.45, 2.75) is 38.1 Å². The SMILES string of the molecule is O=C(OCOc1c2n(cc(C(=O)NCc3ccc(F)cc3F)c1=O)C[C@@H]1N(CC3CCCN31)C2=O)Oc1ccc([N+](=O)[O-])cc1. The Kier molecular flexibility index (Phi) is 7.88. The van der Waals surface area contributed by atoms with Crippen LogP contribution in [0, 0.1) is 21.7 Å². The number of benzene rings is 2. The molecule has 0 bridgehead atoms. The number of hydrogen-bond acceptors (Lipinski definition) is 10. The lowest BCUT2D eigenvalue weighted by molar-refractivity contribution is -0.384. The summed E-state index contributed by atoms with van der Waals surface area (Å²) < 4.78 is 44.3. The van der Waals surface area contributed by atoms with Gasteiger partial charge in [-0.05, 0) is 31.0 Å². The van der Waals surface area contributed by atoms with Gasteiger partial charge in [0.1, 0.15) is 29.1 Å². The second-order valence-electron chi connectivity index (χ2n) is 10.6. The number of fused-ring (bicyclic) bond motifs is 4. The fourth-order valence-corrected chi connectivity index (χ4v) is 5.84. The van der Waals surface area contributed by atoms with E-state index in [1.54, 1.807) is 4.90 Å². The molecule has 1 unspecified atom stereocenters. The molecule has 45 heavy (non-hydrogen) atoms. The summed E-state index contributed by atoms with van der Waals surface area (Å²) in [6.45, 7) is 0.236. The standard InChI is InChI=1S/C29H25F2N5O9/c30-17-4-3-16(22(31)10-17)11-32-27(38)21-13-33-14-23-34-9-1-2-19(34)12-35(23)28(39)24(33)26(25(21)37)43-15-44-29(40)45-20-7-5-18(6-8-20)36(41)42/h3-8,10,13,19,23H,1-2,9,11-12,14-15H2,(H,32,38)/t19?,23-/m0/s1. The number of carbonyl (C=O) groups is 3. The Hall–Kier alpha value is -5.38. The average Bonchev–Trinajstić information content (AvgIpc) is 3.60. The van der Waals surface area contributed by atoms with E-state index in [2.05, 4.69) is 10.2 Å². The molecule has 2 aromatic carbocycles. The topological polar surface area (TPSA) is 163 Å². The third-order valence-electron chi connectivity index (χ3n) is 7.96. The van der Waals surface area contributed by atoms with Crippen molar-refractivity contribution in [2.75, 3.05) is 19.9 Å². The predicted molar refractivity (Wildman–Crippen MR) is 148 cm³/mol. The molecule has 14 nitrogen and oxygen atoms in total. The van der Waals surface area contributed by atoms with Crippen LogP contribution in [0.4, 0.5) is 19.3 Å². The van der Waals surface area contributed by atoms with E-state index in [1.807, 2.05) is 0 Å². The third-order valence-corrected chi connectivity index (χ3v) is 7.96. The van der Waals surface area contributed by atoms with Crippen LogP contribution >= 0.6 is 0 Å². The fraction of sp³-hybridized carbons (Fsp3) is 0.310. The number of carbonyl (C=O) groups excluding carboxylic acids is 3. The molecule has 1 N–H and O–H groups in total. The summed E-state index contributed by atoms with van der Waals surface area (Å²) in [6, 6.07) is 7.62. The summed E-state index contributed by atoms with van der Waals surface area (Å²) in [6.07, 6.45) is 1.57. The van der Waals surface area contributed by atoms with Crippen LogP contribution in [0.3, 0.4) is 0 Å². The van der Waals surface area contributed by atoms with Gasteiger partial charge in [0, 0.05) is 55.6 Å². The van der Waals surface area contributed by atoms with Crippen molar-refractivity contribution >= 4 is 23.7 Å². The van der Waals surface area contributed by atoms with E-state index in [4.69, 9.17) is 14.2 Å². The zero-order valence-corrected chi connectivity index (χ0v) is 23.4. The maximum Gasteiger partial charge on any atom is 0.516 e. The van der Waals surface area contributed by atoms with E-state index in [0.29, 0.717) is 12.6 Å². The maximum atomic E-state index is 14.1. The van der Waals surface area contributed by atoms with E-state index >= 15 is 0 Å². The Morgan fingerprint density at radius 2 is 1.87 bits per heavy atom. The summed E-state index contributed by atoms with van der Waals surface area (Å²) in [5.74, 6) is -3.66. The molecule has 0 radical (unpaired) electrons. The van der Waals surface area contributed by atoms with Gasteiger partial charge < -0.3 is 29.0 Å². The molecule has 2 saturated heterocycles. The molecular weight excluding hydrogens is 600 g/mol. The third kappa shape index (κ3) is 5.78.